The summed E-state index contributed by atoms with van der Waals surface area (Å²) in [6.45, 7) is 1.75. The van der Waals surface area contributed by atoms with Crippen LogP contribution in [0.2, 0.25) is 0 Å². The Morgan fingerprint density at radius 2 is 2.05 bits per heavy atom. The molecule has 1 fully saturated rings. The van der Waals surface area contributed by atoms with Crippen molar-refractivity contribution in [2.45, 2.75) is 19.3 Å². The van der Waals surface area contributed by atoms with Crippen molar-refractivity contribution in [2.75, 3.05) is 19.7 Å². The second-order valence-corrected chi connectivity index (χ2v) is 5.06. The minimum absolute atomic E-state index is 0.0421. The van der Waals surface area contributed by atoms with Gasteiger partial charge in [-0.3, -0.25) is 4.79 Å². The Kier molecular flexibility index (Phi) is 4.74. The highest BCUT2D eigenvalue weighted by atomic mass is 32.1. The van der Waals surface area contributed by atoms with Gasteiger partial charge in [-0.05, 0) is 31.4 Å². The predicted molar refractivity (Wildman–Crippen MR) is 78.3 cm³/mol. The summed E-state index contributed by atoms with van der Waals surface area (Å²) in [6.07, 6.45) is 3.38. The van der Waals surface area contributed by atoms with Crippen molar-refractivity contribution < 1.29 is 9.53 Å². The summed E-state index contributed by atoms with van der Waals surface area (Å²) in [7, 11) is 0. The zero-order valence-corrected chi connectivity index (χ0v) is 11.6. The van der Waals surface area contributed by atoms with Crippen LogP contribution in [0, 0.1) is 0 Å². The van der Waals surface area contributed by atoms with Crippen LogP contribution in [0.5, 0.6) is 5.75 Å². The summed E-state index contributed by atoms with van der Waals surface area (Å²) < 4.78 is 5.51. The van der Waals surface area contributed by atoms with Crippen LogP contribution >= 0.6 is 12.2 Å². The van der Waals surface area contributed by atoms with Crippen LogP contribution in [0.25, 0.3) is 0 Å². The van der Waals surface area contributed by atoms with Gasteiger partial charge in [0.25, 0.3) is 5.91 Å². The molecule has 2 rings (SSSR count). The molecule has 0 bridgehead atoms. The summed E-state index contributed by atoms with van der Waals surface area (Å²) in [5.74, 6) is 0.663. The van der Waals surface area contributed by atoms with Gasteiger partial charge in [0.15, 0.2) is 6.61 Å². The maximum Gasteiger partial charge on any atom is 0.260 e. The smallest absolute Gasteiger partial charge is 0.260 e. The van der Waals surface area contributed by atoms with E-state index >= 15 is 0 Å². The SMILES string of the molecule is NC(=S)c1cccc(OCC(=O)N2CCCCC2)c1. The van der Waals surface area contributed by atoms with E-state index in [1.165, 1.54) is 6.42 Å². The monoisotopic (exact) mass is 278 g/mol. The molecule has 0 spiro atoms. The number of thiocarbonyl (C=S) groups is 1. The number of carbonyl (C=O) groups is 1. The molecule has 2 N–H and O–H groups in total. The second-order valence-electron chi connectivity index (χ2n) is 4.62. The maximum atomic E-state index is 11.9. The molecule has 1 saturated heterocycles. The molecule has 0 aromatic heterocycles. The van der Waals surface area contributed by atoms with E-state index in [-0.39, 0.29) is 12.5 Å². The molecule has 5 heteroatoms. The third kappa shape index (κ3) is 3.92. The molecule has 1 aliphatic rings. The molecule has 0 radical (unpaired) electrons. The van der Waals surface area contributed by atoms with Crippen molar-refractivity contribution in [3.63, 3.8) is 0 Å². The first-order chi connectivity index (χ1) is 9.16. The largest absolute Gasteiger partial charge is 0.484 e. The van der Waals surface area contributed by atoms with Crippen molar-refractivity contribution in [1.29, 1.82) is 0 Å². The topological polar surface area (TPSA) is 55.6 Å². The number of hydrogen-bond acceptors (Lipinski definition) is 3. The van der Waals surface area contributed by atoms with E-state index in [2.05, 4.69) is 0 Å². The Balaban J connectivity index is 1.89. The van der Waals surface area contributed by atoms with Crippen molar-refractivity contribution in [3.8, 4) is 5.75 Å². The van der Waals surface area contributed by atoms with Crippen molar-refractivity contribution in [1.82, 2.24) is 4.90 Å². The van der Waals surface area contributed by atoms with Crippen LogP contribution in [0.1, 0.15) is 24.8 Å². The molecule has 0 unspecified atom stereocenters. The van der Waals surface area contributed by atoms with Crippen LogP contribution in [0.15, 0.2) is 24.3 Å². The fourth-order valence-electron chi connectivity index (χ4n) is 2.12. The van der Waals surface area contributed by atoms with E-state index in [0.717, 1.165) is 31.5 Å². The Hall–Kier alpha value is -1.62. The summed E-state index contributed by atoms with van der Waals surface area (Å²) in [5.41, 5.74) is 6.30. The fraction of sp³-hybridized carbons (Fsp3) is 0.429. The first-order valence-corrected chi connectivity index (χ1v) is 6.88. The van der Waals surface area contributed by atoms with Crippen molar-refractivity contribution in [2.24, 2.45) is 5.73 Å². The van der Waals surface area contributed by atoms with Gasteiger partial charge in [-0.25, -0.2) is 0 Å². The standard InChI is InChI=1S/C14H18N2O2S/c15-14(19)11-5-4-6-12(9-11)18-10-13(17)16-7-2-1-3-8-16/h4-6,9H,1-3,7-8,10H2,(H2,15,19). The Morgan fingerprint density at radius 1 is 1.32 bits per heavy atom. The molecule has 1 aromatic rings. The summed E-state index contributed by atoms with van der Waals surface area (Å²) >= 11 is 4.91. The molecule has 1 amide bonds. The lowest BCUT2D eigenvalue weighted by Gasteiger charge is -2.26. The highest BCUT2D eigenvalue weighted by molar-refractivity contribution is 7.80. The van der Waals surface area contributed by atoms with Crippen LogP contribution < -0.4 is 10.5 Å². The molecule has 4 nitrogen and oxygen atoms in total. The number of hydrogen-bond donors (Lipinski definition) is 1. The first kappa shape index (κ1) is 13.8. The molecule has 1 heterocycles. The number of likely N-dealkylation sites (tertiary alicyclic amines) is 1. The number of rotatable bonds is 4. The maximum absolute atomic E-state index is 11.9. The van der Waals surface area contributed by atoms with Gasteiger partial charge in [0.2, 0.25) is 0 Å². The van der Waals surface area contributed by atoms with E-state index in [0.29, 0.717) is 10.7 Å². The van der Waals surface area contributed by atoms with Crippen LogP contribution in [0.4, 0.5) is 0 Å². The van der Waals surface area contributed by atoms with Gasteiger partial charge in [-0.1, -0.05) is 24.4 Å². The number of amides is 1. The van der Waals surface area contributed by atoms with Crippen LogP contribution in [-0.4, -0.2) is 35.5 Å². The minimum atomic E-state index is 0.0421. The Morgan fingerprint density at radius 3 is 2.74 bits per heavy atom. The normalized spacial score (nSPS) is 15.1. The molecule has 19 heavy (non-hydrogen) atoms. The molecular weight excluding hydrogens is 260 g/mol. The second kappa shape index (κ2) is 6.52. The van der Waals surface area contributed by atoms with E-state index in [4.69, 9.17) is 22.7 Å². The zero-order chi connectivity index (χ0) is 13.7. The Labute approximate surface area is 118 Å². The number of benzene rings is 1. The molecule has 0 atom stereocenters. The molecule has 1 aromatic carbocycles. The molecule has 102 valence electrons. The molecule has 1 aliphatic heterocycles. The number of carbonyl (C=O) groups excluding carboxylic acids is 1. The number of nitrogens with two attached hydrogens (primary N) is 1. The van der Waals surface area contributed by atoms with Gasteiger partial charge in [0.05, 0.1) is 0 Å². The Bertz CT molecular complexity index is 470. The fourth-order valence-corrected chi connectivity index (χ4v) is 2.25. The average Bonchev–Trinajstić information content (AvgIpc) is 2.46. The first-order valence-electron chi connectivity index (χ1n) is 6.47. The lowest BCUT2D eigenvalue weighted by atomic mass is 10.1. The number of piperidine rings is 1. The van der Waals surface area contributed by atoms with Gasteiger partial charge in [0.1, 0.15) is 10.7 Å². The van der Waals surface area contributed by atoms with Crippen LogP contribution in [-0.2, 0) is 4.79 Å². The van der Waals surface area contributed by atoms with Crippen molar-refractivity contribution in [3.05, 3.63) is 29.8 Å². The van der Waals surface area contributed by atoms with E-state index in [1.54, 1.807) is 12.1 Å². The molecular formula is C14H18N2O2S. The van der Waals surface area contributed by atoms with Crippen LogP contribution in [0.3, 0.4) is 0 Å². The number of ether oxygens (including phenoxy) is 1. The van der Waals surface area contributed by atoms with E-state index in [9.17, 15) is 4.79 Å². The van der Waals surface area contributed by atoms with E-state index < -0.39 is 0 Å². The third-order valence-corrected chi connectivity index (χ3v) is 3.43. The quantitative estimate of drug-likeness (QED) is 0.852. The highest BCUT2D eigenvalue weighted by Crippen LogP contribution is 2.14. The van der Waals surface area contributed by atoms with Gasteiger partial charge in [0, 0.05) is 18.7 Å². The number of nitrogens with zero attached hydrogens (tertiary/aromatic N) is 1. The van der Waals surface area contributed by atoms with Crippen molar-refractivity contribution >= 4 is 23.1 Å². The molecule has 0 aliphatic carbocycles. The highest BCUT2D eigenvalue weighted by Gasteiger charge is 2.16. The summed E-state index contributed by atoms with van der Waals surface area (Å²) in [6, 6.07) is 7.19. The van der Waals surface area contributed by atoms with E-state index in [1.807, 2.05) is 17.0 Å². The lowest BCUT2D eigenvalue weighted by molar-refractivity contribution is -0.134. The van der Waals surface area contributed by atoms with Gasteiger partial charge in [-0.15, -0.1) is 0 Å². The summed E-state index contributed by atoms with van der Waals surface area (Å²) in [4.78, 5) is 14.1. The average molecular weight is 278 g/mol. The third-order valence-electron chi connectivity index (χ3n) is 3.19. The zero-order valence-electron chi connectivity index (χ0n) is 10.8. The van der Waals surface area contributed by atoms with Gasteiger partial charge in [-0.2, -0.15) is 0 Å². The molecule has 0 saturated carbocycles. The minimum Gasteiger partial charge on any atom is -0.484 e. The van der Waals surface area contributed by atoms with Gasteiger partial charge >= 0.3 is 0 Å². The predicted octanol–water partition coefficient (Wildman–Crippen LogP) is 1.71. The lowest BCUT2D eigenvalue weighted by Crippen LogP contribution is -2.38. The van der Waals surface area contributed by atoms with Gasteiger partial charge < -0.3 is 15.4 Å². The summed E-state index contributed by atoms with van der Waals surface area (Å²) in [5, 5.41) is 0.